The quantitative estimate of drug-likeness (QED) is 0.156. The molecule has 0 fully saturated rings. The molecule has 0 amide bonds. The van der Waals surface area contributed by atoms with Crippen LogP contribution in [0.4, 0.5) is 17.1 Å². The van der Waals surface area contributed by atoms with Crippen LogP contribution in [0.5, 0.6) is 0 Å². The van der Waals surface area contributed by atoms with Crippen LogP contribution in [0.15, 0.2) is 229 Å². The van der Waals surface area contributed by atoms with Gasteiger partial charge in [0, 0.05) is 27.7 Å². The maximum Gasteiger partial charge on any atom is 0.136 e. The largest absolute Gasteiger partial charge is 0.456 e. The fraction of sp³-hybridized carbons (Fsp3) is 0. The van der Waals surface area contributed by atoms with E-state index in [0.29, 0.717) is 0 Å². The summed E-state index contributed by atoms with van der Waals surface area (Å²) in [4.78, 5) is 2.42. The summed E-state index contributed by atoms with van der Waals surface area (Å²) in [6.45, 7) is 0. The Bertz CT molecular complexity index is 2950. The van der Waals surface area contributed by atoms with Gasteiger partial charge in [-0.1, -0.05) is 176 Å². The summed E-state index contributed by atoms with van der Waals surface area (Å²) in [5.74, 6) is 0. The number of nitrogens with zero attached hydrogens (tertiary/aromatic N) is 1. The maximum atomic E-state index is 6.28. The van der Waals surface area contributed by atoms with Crippen molar-refractivity contribution < 1.29 is 4.42 Å². The molecule has 0 aliphatic rings. The monoisotopic (exact) mass is 715 g/mol. The van der Waals surface area contributed by atoms with Crippen molar-refractivity contribution in [1.29, 1.82) is 0 Å². The fourth-order valence-corrected chi connectivity index (χ4v) is 8.03. The van der Waals surface area contributed by atoms with E-state index >= 15 is 0 Å². The highest BCUT2D eigenvalue weighted by atomic mass is 16.3. The number of rotatable bonds is 8. The molecular weight excluding hydrogens is 679 g/mol. The molecule has 0 saturated carbocycles. The fourth-order valence-electron chi connectivity index (χ4n) is 8.03. The van der Waals surface area contributed by atoms with Gasteiger partial charge < -0.3 is 9.32 Å². The van der Waals surface area contributed by atoms with Crippen LogP contribution in [0.2, 0.25) is 0 Å². The smallest absolute Gasteiger partial charge is 0.136 e. The van der Waals surface area contributed by atoms with Gasteiger partial charge in [-0.05, 0) is 98.6 Å². The van der Waals surface area contributed by atoms with Gasteiger partial charge in [0.1, 0.15) is 11.2 Å². The van der Waals surface area contributed by atoms with Crippen molar-refractivity contribution in [3.8, 4) is 55.6 Å². The number of para-hydroxylation sites is 1. The summed E-state index contributed by atoms with van der Waals surface area (Å²) in [6, 6.07) is 80.2. The Labute approximate surface area is 327 Å². The Balaban J connectivity index is 1.18. The summed E-state index contributed by atoms with van der Waals surface area (Å²) in [6.07, 6.45) is 0. The van der Waals surface area contributed by atoms with E-state index in [4.69, 9.17) is 4.42 Å². The van der Waals surface area contributed by atoms with Crippen molar-refractivity contribution >= 4 is 39.0 Å². The van der Waals surface area contributed by atoms with Crippen molar-refractivity contribution in [3.63, 3.8) is 0 Å². The first-order valence-corrected chi connectivity index (χ1v) is 19.1. The molecule has 0 radical (unpaired) electrons. The number of benzene rings is 9. The lowest BCUT2D eigenvalue weighted by molar-refractivity contribution is 0.669. The molecular formula is C54H37NO. The van der Waals surface area contributed by atoms with E-state index < -0.39 is 0 Å². The lowest BCUT2D eigenvalue weighted by Crippen LogP contribution is -2.12. The summed E-state index contributed by atoms with van der Waals surface area (Å²) in [5.41, 5.74) is 16.7. The number of furan rings is 1. The molecule has 0 bridgehead atoms. The van der Waals surface area contributed by atoms with Crippen molar-refractivity contribution in [2.24, 2.45) is 0 Å². The topological polar surface area (TPSA) is 16.4 Å². The Morgan fingerprint density at radius 2 is 0.804 bits per heavy atom. The molecule has 2 heteroatoms. The van der Waals surface area contributed by atoms with Gasteiger partial charge in [0.2, 0.25) is 0 Å². The zero-order chi connectivity index (χ0) is 37.3. The molecule has 1 aromatic heterocycles. The molecule has 56 heavy (non-hydrogen) atoms. The number of hydrogen-bond donors (Lipinski definition) is 0. The first-order valence-electron chi connectivity index (χ1n) is 19.1. The number of hydrogen-bond acceptors (Lipinski definition) is 2. The minimum absolute atomic E-state index is 0.895. The molecule has 0 aliphatic heterocycles. The summed E-state index contributed by atoms with van der Waals surface area (Å²) in [5, 5.41) is 2.27. The third-order valence-electron chi connectivity index (χ3n) is 10.7. The first-order chi connectivity index (χ1) is 27.8. The first kappa shape index (κ1) is 33.2. The van der Waals surface area contributed by atoms with Crippen LogP contribution in [-0.4, -0.2) is 0 Å². The Hall–Kier alpha value is -7.42. The molecule has 0 aliphatic carbocycles. The van der Waals surface area contributed by atoms with Gasteiger partial charge in [-0.25, -0.2) is 0 Å². The van der Waals surface area contributed by atoms with Crippen LogP contribution in [0, 0.1) is 0 Å². The van der Waals surface area contributed by atoms with Gasteiger partial charge in [0.05, 0.1) is 5.69 Å². The third kappa shape index (κ3) is 6.14. The highest BCUT2D eigenvalue weighted by Crippen LogP contribution is 2.48. The summed E-state index contributed by atoms with van der Waals surface area (Å²) >= 11 is 0. The van der Waals surface area contributed by atoms with Crippen LogP contribution in [0.1, 0.15) is 0 Å². The molecule has 10 rings (SSSR count). The van der Waals surface area contributed by atoms with Crippen molar-refractivity contribution in [2.45, 2.75) is 0 Å². The van der Waals surface area contributed by atoms with Gasteiger partial charge in [-0.3, -0.25) is 0 Å². The van der Waals surface area contributed by atoms with Gasteiger partial charge in [0.25, 0.3) is 0 Å². The summed E-state index contributed by atoms with van der Waals surface area (Å²) < 4.78 is 6.28. The Kier molecular flexibility index (Phi) is 8.55. The standard InChI is InChI=1S/C54H37NO/c1-4-16-38(17-5-1)42-22-14-23-45(36-42)55(44-33-30-39(31-34-44)43-32-35-49-48-25-12-13-29-52(48)56-53(49)37-43)51-28-15-27-47(41-20-8-3-9-21-41)54(51)50-26-11-10-24-46(50)40-18-6-2-7-19-40/h1-37H. The molecule has 0 unspecified atom stereocenters. The van der Waals surface area contributed by atoms with Crippen molar-refractivity contribution in [2.75, 3.05) is 4.90 Å². The maximum absolute atomic E-state index is 6.28. The molecule has 1 heterocycles. The minimum Gasteiger partial charge on any atom is -0.456 e. The second kappa shape index (κ2) is 14.4. The zero-order valence-electron chi connectivity index (χ0n) is 30.7. The van der Waals surface area contributed by atoms with Crippen LogP contribution in [-0.2, 0) is 0 Å². The van der Waals surface area contributed by atoms with E-state index in [0.717, 1.165) is 55.7 Å². The van der Waals surface area contributed by atoms with E-state index in [2.05, 4.69) is 217 Å². The van der Waals surface area contributed by atoms with Crippen molar-refractivity contribution in [1.82, 2.24) is 0 Å². The molecule has 10 aromatic rings. The average molecular weight is 716 g/mol. The minimum atomic E-state index is 0.895. The predicted molar refractivity (Wildman–Crippen MR) is 236 cm³/mol. The normalized spacial score (nSPS) is 11.2. The average Bonchev–Trinajstić information content (AvgIpc) is 3.66. The highest BCUT2D eigenvalue weighted by Gasteiger charge is 2.23. The van der Waals surface area contributed by atoms with Gasteiger partial charge in [-0.15, -0.1) is 0 Å². The molecule has 0 spiro atoms. The summed E-state index contributed by atoms with van der Waals surface area (Å²) in [7, 11) is 0. The van der Waals surface area contributed by atoms with E-state index in [1.54, 1.807) is 0 Å². The second-order valence-electron chi connectivity index (χ2n) is 14.1. The van der Waals surface area contributed by atoms with Gasteiger partial charge in [0.15, 0.2) is 0 Å². The van der Waals surface area contributed by atoms with Crippen LogP contribution >= 0.6 is 0 Å². The Morgan fingerprint density at radius 1 is 0.286 bits per heavy atom. The van der Waals surface area contributed by atoms with Gasteiger partial charge >= 0.3 is 0 Å². The molecule has 9 aromatic carbocycles. The predicted octanol–water partition coefficient (Wildman–Crippen LogP) is 15.4. The van der Waals surface area contributed by atoms with E-state index in [-0.39, 0.29) is 0 Å². The number of fused-ring (bicyclic) bond motifs is 3. The highest BCUT2D eigenvalue weighted by molar-refractivity contribution is 6.06. The molecule has 264 valence electrons. The third-order valence-corrected chi connectivity index (χ3v) is 10.7. The van der Waals surface area contributed by atoms with Gasteiger partial charge in [-0.2, -0.15) is 0 Å². The molecule has 0 N–H and O–H groups in total. The van der Waals surface area contributed by atoms with E-state index in [1.165, 1.54) is 38.9 Å². The van der Waals surface area contributed by atoms with Crippen LogP contribution in [0.3, 0.4) is 0 Å². The van der Waals surface area contributed by atoms with Crippen LogP contribution < -0.4 is 4.90 Å². The lowest BCUT2D eigenvalue weighted by Gasteiger charge is -2.30. The number of anilines is 3. The molecule has 0 saturated heterocycles. The van der Waals surface area contributed by atoms with Crippen molar-refractivity contribution in [3.05, 3.63) is 224 Å². The second-order valence-corrected chi connectivity index (χ2v) is 14.1. The van der Waals surface area contributed by atoms with E-state index in [1.807, 2.05) is 12.1 Å². The molecule has 2 nitrogen and oxygen atoms in total. The van der Waals surface area contributed by atoms with E-state index in [9.17, 15) is 0 Å². The molecule has 0 atom stereocenters. The Morgan fingerprint density at radius 3 is 1.55 bits per heavy atom. The lowest BCUT2D eigenvalue weighted by atomic mass is 9.87. The zero-order valence-corrected chi connectivity index (χ0v) is 30.7. The van der Waals surface area contributed by atoms with Crippen LogP contribution in [0.25, 0.3) is 77.6 Å². The SMILES string of the molecule is c1ccc(-c2cccc(N(c3ccc(-c4ccc5c(c4)oc4ccccc45)cc3)c3cccc(-c4ccccc4)c3-c3ccccc3-c3ccccc3)c2)cc1.